The number of alkyl halides is 10. The maximum Gasteiger partial charge on any atom is 0.457 e. The summed E-state index contributed by atoms with van der Waals surface area (Å²) >= 11 is 1.33. The minimum absolute atomic E-state index is 0.0479. The van der Waals surface area contributed by atoms with Crippen molar-refractivity contribution in [1.29, 1.82) is 0 Å². The molecule has 0 fully saturated rings. The first-order chi connectivity index (χ1) is 13.7. The van der Waals surface area contributed by atoms with Crippen LogP contribution in [-0.4, -0.2) is 27.9 Å². The van der Waals surface area contributed by atoms with Crippen molar-refractivity contribution < 1.29 is 39.5 Å². The van der Waals surface area contributed by atoms with E-state index in [4.69, 9.17) is 0 Å². The molecule has 0 saturated carbocycles. The normalized spacial score (nSPS) is 16.5. The van der Waals surface area contributed by atoms with Crippen LogP contribution in [0, 0.1) is 0 Å². The summed E-state index contributed by atoms with van der Waals surface area (Å²) in [5.41, 5.74) is -5.64. The molecule has 0 aliphatic heterocycles. The van der Waals surface area contributed by atoms with Gasteiger partial charge >= 0.3 is 18.3 Å². The van der Waals surface area contributed by atoms with Gasteiger partial charge < -0.3 is 0 Å². The van der Waals surface area contributed by atoms with Crippen LogP contribution in [0.5, 0.6) is 0 Å². The highest BCUT2D eigenvalue weighted by Gasteiger charge is 2.80. The molecule has 0 aromatic rings. The van der Waals surface area contributed by atoms with Gasteiger partial charge in [-0.1, -0.05) is 107 Å². The van der Waals surface area contributed by atoms with Crippen LogP contribution in [0.2, 0.25) is 0 Å². The average molecular weight is 570 g/mol. The number of unbranched alkanes of at least 4 members (excludes halogenated alkanes) is 11. The highest BCUT2D eigenvalue weighted by Crippen LogP contribution is 2.55. The van der Waals surface area contributed by atoms with E-state index in [0.29, 0.717) is 12.8 Å². The van der Waals surface area contributed by atoms with Crippen molar-refractivity contribution in [1.82, 2.24) is 0 Å². The van der Waals surface area contributed by atoms with E-state index in [2.05, 4.69) is 6.92 Å². The molecule has 182 valence electrons. The van der Waals surface area contributed by atoms with Crippen LogP contribution in [0.3, 0.4) is 0 Å². The Bertz CT molecular complexity index is 449. The Morgan fingerprint density at radius 1 is 0.567 bits per heavy atom. The standard InChI is InChI=1S/C20H32F9I/c1-2-3-4-5-6-7-8-9-10-11-12-13-14-16(30)15-17(21,19(24,25)26)18(22,23)20(27,28)29/h16H,2-15H2,1H3. The molecule has 0 amide bonds. The highest BCUT2D eigenvalue weighted by molar-refractivity contribution is 14.1. The smallest absolute Gasteiger partial charge is 0.227 e. The number of rotatable bonds is 16. The van der Waals surface area contributed by atoms with Gasteiger partial charge in [0.2, 0.25) is 0 Å². The Labute approximate surface area is 186 Å². The van der Waals surface area contributed by atoms with Gasteiger partial charge in [0.05, 0.1) is 0 Å². The van der Waals surface area contributed by atoms with Crippen molar-refractivity contribution in [2.75, 3.05) is 0 Å². The molecule has 0 N–H and O–H groups in total. The molecule has 0 spiro atoms. The summed E-state index contributed by atoms with van der Waals surface area (Å²) in [6, 6.07) is 0. The Morgan fingerprint density at radius 2 is 0.933 bits per heavy atom. The first-order valence-electron chi connectivity index (χ1n) is 10.5. The average Bonchev–Trinajstić information content (AvgIpc) is 2.60. The third kappa shape index (κ3) is 9.71. The summed E-state index contributed by atoms with van der Waals surface area (Å²) in [4.78, 5) is 0. The topological polar surface area (TPSA) is 0 Å². The first kappa shape index (κ1) is 30.1. The molecule has 0 bridgehead atoms. The summed E-state index contributed by atoms with van der Waals surface area (Å²) in [5, 5.41) is 0. The molecule has 2 unspecified atom stereocenters. The molecule has 0 saturated heterocycles. The fraction of sp³-hybridized carbons (Fsp3) is 1.00. The predicted molar refractivity (Wildman–Crippen MR) is 109 cm³/mol. The Morgan fingerprint density at radius 3 is 1.27 bits per heavy atom. The van der Waals surface area contributed by atoms with Crippen LogP contribution in [0.4, 0.5) is 39.5 Å². The third-order valence-electron chi connectivity index (χ3n) is 5.18. The van der Waals surface area contributed by atoms with Gasteiger partial charge in [-0.2, -0.15) is 35.1 Å². The second-order valence-electron chi connectivity index (χ2n) is 7.85. The molecule has 0 aromatic heterocycles. The first-order valence-corrected chi connectivity index (χ1v) is 11.8. The van der Waals surface area contributed by atoms with Crippen LogP contribution in [0.25, 0.3) is 0 Å². The summed E-state index contributed by atoms with van der Waals surface area (Å²) in [6.07, 6.45) is -2.80. The molecule has 0 radical (unpaired) electrons. The summed E-state index contributed by atoms with van der Waals surface area (Å²) in [7, 11) is 0. The van der Waals surface area contributed by atoms with Crippen molar-refractivity contribution in [3.63, 3.8) is 0 Å². The quantitative estimate of drug-likeness (QED) is 0.0750. The van der Waals surface area contributed by atoms with Gasteiger partial charge in [0, 0.05) is 10.3 Å². The molecule has 0 nitrogen and oxygen atoms in total. The van der Waals surface area contributed by atoms with Gasteiger partial charge in [0.1, 0.15) is 0 Å². The van der Waals surface area contributed by atoms with Crippen LogP contribution in [-0.2, 0) is 0 Å². The minimum Gasteiger partial charge on any atom is -0.227 e. The Hall–Kier alpha value is 0.1000. The molecule has 30 heavy (non-hydrogen) atoms. The van der Waals surface area contributed by atoms with E-state index in [9.17, 15) is 39.5 Å². The zero-order valence-corrected chi connectivity index (χ0v) is 19.4. The fourth-order valence-electron chi connectivity index (χ4n) is 3.26. The lowest BCUT2D eigenvalue weighted by molar-refractivity contribution is -0.384. The third-order valence-corrected chi connectivity index (χ3v) is 6.24. The Balaban J connectivity index is 4.23. The van der Waals surface area contributed by atoms with Gasteiger partial charge in [-0.15, -0.1) is 0 Å². The van der Waals surface area contributed by atoms with E-state index in [-0.39, 0.29) is 6.42 Å². The summed E-state index contributed by atoms with van der Waals surface area (Å²) in [6.45, 7) is 2.16. The minimum atomic E-state index is -6.62. The number of halogens is 10. The van der Waals surface area contributed by atoms with Crippen LogP contribution in [0.15, 0.2) is 0 Å². The van der Waals surface area contributed by atoms with Gasteiger partial charge in [-0.05, 0) is 6.42 Å². The van der Waals surface area contributed by atoms with Gasteiger partial charge in [-0.3, -0.25) is 0 Å². The van der Waals surface area contributed by atoms with Crippen LogP contribution < -0.4 is 0 Å². The van der Waals surface area contributed by atoms with Gasteiger partial charge in [0.25, 0.3) is 5.67 Å². The molecular weight excluding hydrogens is 538 g/mol. The maximum absolute atomic E-state index is 14.1. The summed E-state index contributed by atoms with van der Waals surface area (Å²) in [5.74, 6) is -6.50. The zero-order valence-electron chi connectivity index (χ0n) is 17.3. The molecule has 0 aromatic carbocycles. The monoisotopic (exact) mass is 570 g/mol. The lowest BCUT2D eigenvalue weighted by Gasteiger charge is -2.37. The lowest BCUT2D eigenvalue weighted by atomic mass is 9.89. The fourth-order valence-corrected chi connectivity index (χ4v) is 4.31. The van der Waals surface area contributed by atoms with E-state index >= 15 is 0 Å². The molecule has 0 rings (SSSR count). The largest absolute Gasteiger partial charge is 0.457 e. The van der Waals surface area contributed by atoms with Crippen molar-refractivity contribution >= 4 is 22.6 Å². The second-order valence-corrected chi connectivity index (χ2v) is 9.61. The molecule has 0 aliphatic rings. The van der Waals surface area contributed by atoms with Crippen molar-refractivity contribution in [3.05, 3.63) is 0 Å². The van der Waals surface area contributed by atoms with Crippen molar-refractivity contribution in [2.24, 2.45) is 0 Å². The maximum atomic E-state index is 14.1. The van der Waals surface area contributed by atoms with Crippen molar-refractivity contribution in [2.45, 2.75) is 125 Å². The van der Waals surface area contributed by atoms with E-state index in [1.807, 2.05) is 0 Å². The molecule has 0 heterocycles. The van der Waals surface area contributed by atoms with E-state index < -0.39 is 34.3 Å². The molecule has 2 atom stereocenters. The molecular formula is C20H32F9I. The zero-order chi connectivity index (χ0) is 23.5. The Kier molecular flexibility index (Phi) is 13.6. The van der Waals surface area contributed by atoms with Crippen molar-refractivity contribution in [3.8, 4) is 0 Å². The second kappa shape index (κ2) is 13.6. The van der Waals surface area contributed by atoms with Gasteiger partial charge in [-0.25, -0.2) is 4.39 Å². The molecule has 10 heteroatoms. The summed E-state index contributed by atoms with van der Waals surface area (Å²) < 4.78 is 115. The van der Waals surface area contributed by atoms with E-state index in [0.717, 1.165) is 32.1 Å². The van der Waals surface area contributed by atoms with Crippen LogP contribution >= 0.6 is 22.6 Å². The SMILES string of the molecule is CCCCCCCCCCCCCCC(I)CC(F)(C(F)(F)F)C(F)(F)C(F)(F)F. The molecule has 0 aliphatic carbocycles. The predicted octanol–water partition coefficient (Wildman–Crippen LogP) is 9.74. The number of hydrogen-bond donors (Lipinski definition) is 0. The van der Waals surface area contributed by atoms with Gasteiger partial charge in [0.15, 0.2) is 0 Å². The van der Waals surface area contributed by atoms with Crippen LogP contribution in [0.1, 0.15) is 96.8 Å². The lowest BCUT2D eigenvalue weighted by Crippen LogP contribution is -2.62. The van der Waals surface area contributed by atoms with E-state index in [1.165, 1.54) is 54.7 Å². The highest BCUT2D eigenvalue weighted by atomic mass is 127. The van der Waals surface area contributed by atoms with E-state index in [1.54, 1.807) is 0 Å². The number of hydrogen-bond acceptors (Lipinski definition) is 0.